The lowest BCUT2D eigenvalue weighted by molar-refractivity contribution is 0.347. The zero-order chi connectivity index (χ0) is 12.5. The molecule has 1 aliphatic carbocycles. The van der Waals surface area contributed by atoms with Crippen molar-refractivity contribution in [2.75, 3.05) is 0 Å². The third kappa shape index (κ3) is 3.03. The molecule has 2 N–H and O–H groups in total. The molecule has 17 heavy (non-hydrogen) atoms. The van der Waals surface area contributed by atoms with Crippen LogP contribution in [0.4, 0.5) is 8.78 Å². The monoisotopic (exact) mass is 239 g/mol. The van der Waals surface area contributed by atoms with Gasteiger partial charge in [-0.3, -0.25) is 0 Å². The molecular formula is C14H19F2N. The first-order valence-electron chi connectivity index (χ1n) is 6.23. The van der Waals surface area contributed by atoms with Crippen molar-refractivity contribution in [3.05, 3.63) is 35.4 Å². The summed E-state index contributed by atoms with van der Waals surface area (Å²) in [5, 5.41) is 0. The molecule has 1 nitrogen and oxygen atoms in total. The van der Waals surface area contributed by atoms with Gasteiger partial charge in [-0.05, 0) is 37.0 Å². The van der Waals surface area contributed by atoms with E-state index in [-0.39, 0.29) is 0 Å². The SMILES string of the molecule is CC(N)(CC1CCCC1)c1cc(F)cc(F)c1. The summed E-state index contributed by atoms with van der Waals surface area (Å²) in [4.78, 5) is 0. The van der Waals surface area contributed by atoms with Gasteiger partial charge in [-0.25, -0.2) is 8.78 Å². The molecule has 1 unspecified atom stereocenters. The molecule has 0 amide bonds. The number of hydrogen-bond acceptors (Lipinski definition) is 1. The van der Waals surface area contributed by atoms with Crippen LogP contribution in [0.15, 0.2) is 18.2 Å². The van der Waals surface area contributed by atoms with Gasteiger partial charge in [-0.15, -0.1) is 0 Å². The fraction of sp³-hybridized carbons (Fsp3) is 0.571. The lowest BCUT2D eigenvalue weighted by Gasteiger charge is -2.28. The van der Waals surface area contributed by atoms with E-state index in [4.69, 9.17) is 5.73 Å². The molecule has 1 fully saturated rings. The lowest BCUT2D eigenvalue weighted by atomic mass is 9.83. The molecule has 2 rings (SSSR count). The van der Waals surface area contributed by atoms with Gasteiger partial charge in [-0.1, -0.05) is 25.7 Å². The van der Waals surface area contributed by atoms with Crippen molar-refractivity contribution in [2.45, 2.75) is 44.6 Å². The van der Waals surface area contributed by atoms with Crippen molar-refractivity contribution < 1.29 is 8.78 Å². The summed E-state index contributed by atoms with van der Waals surface area (Å²) in [7, 11) is 0. The zero-order valence-corrected chi connectivity index (χ0v) is 10.2. The van der Waals surface area contributed by atoms with Crippen LogP contribution in [0.3, 0.4) is 0 Å². The number of halogens is 2. The Hall–Kier alpha value is -0.960. The maximum Gasteiger partial charge on any atom is 0.126 e. The van der Waals surface area contributed by atoms with Gasteiger partial charge in [0, 0.05) is 11.6 Å². The molecule has 0 heterocycles. The maximum absolute atomic E-state index is 13.2. The number of hydrogen-bond donors (Lipinski definition) is 1. The molecule has 0 saturated heterocycles. The topological polar surface area (TPSA) is 26.0 Å². The van der Waals surface area contributed by atoms with E-state index >= 15 is 0 Å². The molecule has 1 aromatic rings. The maximum atomic E-state index is 13.2. The van der Waals surface area contributed by atoms with E-state index in [9.17, 15) is 8.78 Å². The minimum absolute atomic E-state index is 0.553. The highest BCUT2D eigenvalue weighted by Gasteiger charge is 2.28. The van der Waals surface area contributed by atoms with E-state index in [1.54, 1.807) is 0 Å². The van der Waals surface area contributed by atoms with Gasteiger partial charge in [0.25, 0.3) is 0 Å². The standard InChI is InChI=1S/C14H19F2N/c1-14(17,9-10-4-2-3-5-10)11-6-12(15)8-13(16)7-11/h6-8,10H,2-5,9,17H2,1H3. The Kier molecular flexibility index (Phi) is 3.48. The zero-order valence-electron chi connectivity index (χ0n) is 10.2. The predicted molar refractivity (Wildman–Crippen MR) is 64.5 cm³/mol. The van der Waals surface area contributed by atoms with Gasteiger partial charge in [0.2, 0.25) is 0 Å². The highest BCUT2D eigenvalue weighted by molar-refractivity contribution is 5.25. The van der Waals surface area contributed by atoms with Crippen LogP contribution in [0, 0.1) is 17.6 Å². The van der Waals surface area contributed by atoms with Crippen LogP contribution < -0.4 is 5.73 Å². The smallest absolute Gasteiger partial charge is 0.126 e. The van der Waals surface area contributed by atoms with Crippen molar-refractivity contribution in [3.8, 4) is 0 Å². The van der Waals surface area contributed by atoms with Crippen LogP contribution in [0.5, 0.6) is 0 Å². The third-order valence-corrected chi connectivity index (χ3v) is 3.71. The van der Waals surface area contributed by atoms with Gasteiger partial charge in [0.05, 0.1) is 0 Å². The van der Waals surface area contributed by atoms with Crippen LogP contribution in [-0.2, 0) is 5.54 Å². The number of benzene rings is 1. The van der Waals surface area contributed by atoms with E-state index in [0.29, 0.717) is 11.5 Å². The van der Waals surface area contributed by atoms with Gasteiger partial charge in [-0.2, -0.15) is 0 Å². The summed E-state index contributed by atoms with van der Waals surface area (Å²) in [6.45, 7) is 1.86. The first-order chi connectivity index (χ1) is 7.97. The second-order valence-corrected chi connectivity index (χ2v) is 5.43. The van der Waals surface area contributed by atoms with E-state index in [1.807, 2.05) is 6.92 Å². The van der Waals surface area contributed by atoms with E-state index in [1.165, 1.54) is 37.8 Å². The molecule has 1 aliphatic rings. The molecule has 1 aromatic carbocycles. The largest absolute Gasteiger partial charge is 0.322 e. The molecule has 94 valence electrons. The molecular weight excluding hydrogens is 220 g/mol. The van der Waals surface area contributed by atoms with Crippen LogP contribution in [0.1, 0.15) is 44.6 Å². The molecule has 0 bridgehead atoms. The average Bonchev–Trinajstić information content (AvgIpc) is 2.68. The minimum Gasteiger partial charge on any atom is -0.322 e. The fourth-order valence-electron chi connectivity index (χ4n) is 2.82. The Morgan fingerprint density at radius 3 is 2.24 bits per heavy atom. The Balaban J connectivity index is 2.17. The second kappa shape index (κ2) is 4.73. The van der Waals surface area contributed by atoms with E-state index in [0.717, 1.165) is 12.5 Å². The highest BCUT2D eigenvalue weighted by Crippen LogP contribution is 2.35. The van der Waals surface area contributed by atoms with Crippen molar-refractivity contribution in [2.24, 2.45) is 11.7 Å². The average molecular weight is 239 g/mol. The molecule has 1 saturated carbocycles. The van der Waals surface area contributed by atoms with Crippen molar-refractivity contribution in [1.29, 1.82) is 0 Å². The lowest BCUT2D eigenvalue weighted by Crippen LogP contribution is -2.35. The van der Waals surface area contributed by atoms with Gasteiger partial charge in [0.1, 0.15) is 11.6 Å². The second-order valence-electron chi connectivity index (χ2n) is 5.43. The first-order valence-corrected chi connectivity index (χ1v) is 6.23. The van der Waals surface area contributed by atoms with Crippen LogP contribution >= 0.6 is 0 Å². The summed E-state index contributed by atoms with van der Waals surface area (Å²) in [6.07, 6.45) is 5.67. The van der Waals surface area contributed by atoms with Crippen molar-refractivity contribution in [3.63, 3.8) is 0 Å². The van der Waals surface area contributed by atoms with E-state index < -0.39 is 17.2 Å². The molecule has 3 heteroatoms. The normalized spacial score (nSPS) is 20.5. The summed E-state index contributed by atoms with van der Waals surface area (Å²) in [5.74, 6) is -0.512. The quantitative estimate of drug-likeness (QED) is 0.854. The third-order valence-electron chi connectivity index (χ3n) is 3.71. The molecule has 0 aromatic heterocycles. The fourth-order valence-corrected chi connectivity index (χ4v) is 2.82. The van der Waals surface area contributed by atoms with Crippen molar-refractivity contribution in [1.82, 2.24) is 0 Å². The minimum atomic E-state index is -0.641. The summed E-state index contributed by atoms with van der Waals surface area (Å²) >= 11 is 0. The molecule has 0 aliphatic heterocycles. The van der Waals surface area contributed by atoms with Gasteiger partial charge < -0.3 is 5.73 Å². The first kappa shape index (κ1) is 12.5. The molecule has 1 atom stereocenters. The summed E-state index contributed by atoms with van der Waals surface area (Å²) in [5.41, 5.74) is 6.14. The van der Waals surface area contributed by atoms with Crippen LogP contribution in [0.25, 0.3) is 0 Å². The van der Waals surface area contributed by atoms with Crippen molar-refractivity contribution >= 4 is 0 Å². The van der Waals surface area contributed by atoms with Crippen LogP contribution in [-0.4, -0.2) is 0 Å². The summed E-state index contributed by atoms with van der Waals surface area (Å²) in [6, 6.07) is 3.57. The number of nitrogens with two attached hydrogens (primary N) is 1. The Labute approximate surface area is 101 Å². The van der Waals surface area contributed by atoms with Crippen LogP contribution in [0.2, 0.25) is 0 Å². The highest BCUT2D eigenvalue weighted by atomic mass is 19.1. The van der Waals surface area contributed by atoms with E-state index in [2.05, 4.69) is 0 Å². The Morgan fingerprint density at radius 2 is 1.71 bits per heavy atom. The Bertz CT molecular complexity index is 375. The Morgan fingerprint density at radius 1 is 1.18 bits per heavy atom. The molecule has 0 radical (unpaired) electrons. The molecule has 0 spiro atoms. The predicted octanol–water partition coefficient (Wildman–Crippen LogP) is 3.72. The van der Waals surface area contributed by atoms with Gasteiger partial charge >= 0.3 is 0 Å². The van der Waals surface area contributed by atoms with Gasteiger partial charge in [0.15, 0.2) is 0 Å². The number of rotatable bonds is 3. The summed E-state index contributed by atoms with van der Waals surface area (Å²) < 4.78 is 26.4.